The molecule has 3 aliphatic heterocycles. The highest BCUT2D eigenvalue weighted by atomic mass is 32.2. The molecule has 10 nitrogen and oxygen atoms in total. The van der Waals surface area contributed by atoms with Gasteiger partial charge in [0.25, 0.3) is 0 Å². The number of nitrogens with zero attached hydrogens (tertiary/aromatic N) is 5. The molecule has 2 aromatic rings. The average Bonchev–Trinajstić information content (AvgIpc) is 3.45. The van der Waals surface area contributed by atoms with Crippen LogP contribution in [0.25, 0.3) is 0 Å². The number of aromatic nitrogens is 2. The van der Waals surface area contributed by atoms with Crippen molar-refractivity contribution in [3.8, 4) is 0 Å². The number of primary amides is 1. The zero-order chi connectivity index (χ0) is 26.2. The molecule has 3 N–H and O–H groups in total. The third-order valence-electron chi connectivity index (χ3n) is 6.36. The number of hydrogen-bond donors (Lipinski definition) is 2. The van der Waals surface area contributed by atoms with Crippen molar-refractivity contribution in [3.05, 3.63) is 65.0 Å². The standard InChI is InChI=1S/C26H31N7O3S/c1-26(2,3)36-25(35)32-11-5-8-18(15-32)29-23-28-10-9-19(30-23)21-20(31-24-33(21)12-13-37-24)16-6-4-7-17(14-16)22(27)34/h4,6-7,9-10,12-14,18,20-21H,5,8,11,15H2,1-3H3,(H2,27,34)(H,28,29,30)/t18-,20?,21?/m1/s1. The van der Waals surface area contributed by atoms with Crippen LogP contribution in [0.2, 0.25) is 0 Å². The van der Waals surface area contributed by atoms with Gasteiger partial charge < -0.3 is 25.6 Å². The van der Waals surface area contributed by atoms with Crippen LogP contribution < -0.4 is 11.1 Å². The molecule has 11 heteroatoms. The fourth-order valence-electron chi connectivity index (χ4n) is 4.75. The van der Waals surface area contributed by atoms with Gasteiger partial charge in [0.1, 0.15) is 17.7 Å². The molecule has 3 aliphatic rings. The number of benzene rings is 1. The number of nitrogens with two attached hydrogens (primary N) is 1. The minimum Gasteiger partial charge on any atom is -0.444 e. The summed E-state index contributed by atoms with van der Waals surface area (Å²) in [6.07, 6.45) is 5.20. The van der Waals surface area contributed by atoms with Gasteiger partial charge in [0, 0.05) is 37.1 Å². The number of anilines is 1. The molecule has 0 radical (unpaired) electrons. The molecule has 1 aromatic carbocycles. The van der Waals surface area contributed by atoms with E-state index in [4.69, 9.17) is 20.4 Å². The van der Waals surface area contributed by atoms with Gasteiger partial charge in [-0.25, -0.2) is 14.8 Å². The Morgan fingerprint density at radius 2 is 2.08 bits per heavy atom. The lowest BCUT2D eigenvalue weighted by Crippen LogP contribution is -2.47. The zero-order valence-electron chi connectivity index (χ0n) is 21.1. The van der Waals surface area contributed by atoms with Gasteiger partial charge in [-0.2, -0.15) is 0 Å². The molecule has 0 spiro atoms. The van der Waals surface area contributed by atoms with E-state index >= 15 is 0 Å². The van der Waals surface area contributed by atoms with Crippen molar-refractivity contribution >= 4 is 34.9 Å². The van der Waals surface area contributed by atoms with Crippen molar-refractivity contribution in [2.75, 3.05) is 18.4 Å². The maximum atomic E-state index is 12.6. The second-order valence-corrected chi connectivity index (χ2v) is 11.2. The summed E-state index contributed by atoms with van der Waals surface area (Å²) < 4.78 is 5.55. The SMILES string of the molecule is CC(C)(C)OC(=O)N1CCC[C@@H](Nc2nccc(C3C(c4cccc(C(N)=O)c4)N=C4SC=CN43)n2)C1. The van der Waals surface area contributed by atoms with Gasteiger partial charge in [0.05, 0.1) is 5.69 Å². The highest BCUT2D eigenvalue weighted by Crippen LogP contribution is 2.46. The minimum atomic E-state index is -0.535. The summed E-state index contributed by atoms with van der Waals surface area (Å²) in [7, 11) is 0. The van der Waals surface area contributed by atoms with E-state index in [1.54, 1.807) is 35.0 Å². The van der Waals surface area contributed by atoms with Crippen LogP contribution in [0.4, 0.5) is 10.7 Å². The number of hydrogen-bond acceptors (Lipinski definition) is 9. The van der Waals surface area contributed by atoms with E-state index in [1.165, 1.54) is 0 Å². The van der Waals surface area contributed by atoms with Crippen molar-refractivity contribution in [1.29, 1.82) is 0 Å². The Labute approximate surface area is 220 Å². The monoisotopic (exact) mass is 521 g/mol. The van der Waals surface area contributed by atoms with E-state index in [0.717, 1.165) is 29.3 Å². The summed E-state index contributed by atoms with van der Waals surface area (Å²) in [4.78, 5) is 42.4. The summed E-state index contributed by atoms with van der Waals surface area (Å²) >= 11 is 1.56. The Bertz CT molecular complexity index is 1260. The Morgan fingerprint density at radius 3 is 2.86 bits per heavy atom. The van der Waals surface area contributed by atoms with E-state index in [0.29, 0.717) is 24.6 Å². The normalized spacial score (nSPS) is 23.0. The first-order valence-corrected chi connectivity index (χ1v) is 13.2. The van der Waals surface area contributed by atoms with Crippen LogP contribution in [-0.2, 0) is 4.74 Å². The Morgan fingerprint density at radius 1 is 1.24 bits per heavy atom. The molecule has 5 rings (SSSR count). The molecule has 3 atom stereocenters. The van der Waals surface area contributed by atoms with Crippen LogP contribution >= 0.6 is 11.8 Å². The summed E-state index contributed by atoms with van der Waals surface area (Å²) in [5.41, 5.74) is 7.13. The van der Waals surface area contributed by atoms with E-state index in [1.807, 2.05) is 50.6 Å². The maximum absolute atomic E-state index is 12.6. The molecule has 194 valence electrons. The second kappa shape index (κ2) is 10.0. The van der Waals surface area contributed by atoms with Crippen molar-refractivity contribution in [3.63, 3.8) is 0 Å². The van der Waals surface area contributed by atoms with Crippen molar-refractivity contribution in [1.82, 2.24) is 19.8 Å². The summed E-state index contributed by atoms with van der Waals surface area (Å²) in [6, 6.07) is 8.74. The first-order chi connectivity index (χ1) is 17.7. The number of carbonyl (C=O) groups is 2. The number of nitrogens with one attached hydrogen (secondary N) is 1. The van der Waals surface area contributed by atoms with Crippen LogP contribution in [0.15, 0.2) is 53.1 Å². The van der Waals surface area contributed by atoms with E-state index in [2.05, 4.69) is 15.2 Å². The third kappa shape index (κ3) is 5.56. The number of thioether (sulfide) groups is 1. The maximum Gasteiger partial charge on any atom is 0.410 e. The fourth-order valence-corrected chi connectivity index (χ4v) is 5.53. The molecule has 1 saturated heterocycles. The van der Waals surface area contributed by atoms with Gasteiger partial charge >= 0.3 is 6.09 Å². The number of fused-ring (bicyclic) bond motifs is 1. The number of amides is 2. The Balaban J connectivity index is 1.35. The van der Waals surface area contributed by atoms with Crippen molar-refractivity contribution < 1.29 is 14.3 Å². The molecule has 2 unspecified atom stereocenters. The van der Waals surface area contributed by atoms with Crippen LogP contribution in [0.3, 0.4) is 0 Å². The lowest BCUT2D eigenvalue weighted by atomic mass is 9.96. The Kier molecular flexibility index (Phi) is 6.80. The van der Waals surface area contributed by atoms with Gasteiger partial charge in [-0.15, -0.1) is 0 Å². The first kappa shape index (κ1) is 25.1. The lowest BCUT2D eigenvalue weighted by Gasteiger charge is -2.34. The van der Waals surface area contributed by atoms with E-state index < -0.39 is 11.5 Å². The minimum absolute atomic E-state index is 0.0113. The molecule has 4 heterocycles. The van der Waals surface area contributed by atoms with Gasteiger partial charge in [-0.05, 0) is 62.8 Å². The smallest absolute Gasteiger partial charge is 0.410 e. The highest BCUT2D eigenvalue weighted by molar-refractivity contribution is 8.16. The lowest BCUT2D eigenvalue weighted by molar-refractivity contribution is 0.0206. The molecule has 2 amide bonds. The second-order valence-electron chi connectivity index (χ2n) is 10.3. The van der Waals surface area contributed by atoms with Crippen LogP contribution in [0.1, 0.15) is 67.3 Å². The number of rotatable bonds is 5. The number of likely N-dealkylation sites (tertiary alicyclic amines) is 1. The fraction of sp³-hybridized carbons (Fsp3) is 0.423. The number of piperidine rings is 1. The number of amidine groups is 1. The topological polar surface area (TPSA) is 126 Å². The average molecular weight is 522 g/mol. The number of aliphatic imine (C=N–C) groups is 1. The van der Waals surface area contributed by atoms with Crippen LogP contribution in [0, 0.1) is 0 Å². The Hall–Kier alpha value is -3.60. The summed E-state index contributed by atoms with van der Waals surface area (Å²) in [5.74, 6) is 0.0303. The molecule has 0 saturated carbocycles. The molecule has 0 bridgehead atoms. The predicted molar refractivity (Wildman–Crippen MR) is 143 cm³/mol. The van der Waals surface area contributed by atoms with Crippen molar-refractivity contribution in [2.24, 2.45) is 10.7 Å². The molecule has 1 fully saturated rings. The largest absolute Gasteiger partial charge is 0.444 e. The zero-order valence-corrected chi connectivity index (χ0v) is 21.9. The molecule has 0 aliphatic carbocycles. The molecule has 1 aromatic heterocycles. The molecule has 37 heavy (non-hydrogen) atoms. The van der Waals surface area contributed by atoms with Crippen molar-refractivity contribution in [2.45, 2.75) is 57.3 Å². The van der Waals surface area contributed by atoms with Gasteiger partial charge in [0.15, 0.2) is 5.17 Å². The molecular formula is C26H31N7O3S. The summed E-state index contributed by atoms with van der Waals surface area (Å²) in [6.45, 7) is 6.79. The van der Waals surface area contributed by atoms with Gasteiger partial charge in [-0.3, -0.25) is 9.79 Å². The van der Waals surface area contributed by atoms with Gasteiger partial charge in [-0.1, -0.05) is 23.9 Å². The quantitative estimate of drug-likeness (QED) is 0.603. The van der Waals surface area contributed by atoms with E-state index in [-0.39, 0.29) is 24.2 Å². The predicted octanol–water partition coefficient (Wildman–Crippen LogP) is 4.06. The first-order valence-electron chi connectivity index (χ1n) is 12.3. The van der Waals surface area contributed by atoms with Gasteiger partial charge in [0.2, 0.25) is 11.9 Å². The van der Waals surface area contributed by atoms with E-state index in [9.17, 15) is 9.59 Å². The molecular weight excluding hydrogens is 490 g/mol. The third-order valence-corrected chi connectivity index (χ3v) is 7.15. The number of ether oxygens (including phenoxy) is 1. The van der Waals surface area contributed by atoms with Crippen LogP contribution in [-0.4, -0.2) is 61.7 Å². The van der Waals surface area contributed by atoms with Crippen LogP contribution in [0.5, 0.6) is 0 Å². The number of carbonyl (C=O) groups excluding carboxylic acids is 2. The summed E-state index contributed by atoms with van der Waals surface area (Å²) in [5, 5.41) is 6.30. The highest BCUT2D eigenvalue weighted by Gasteiger charge is 2.40.